The zero-order chi connectivity index (χ0) is 20.5. The minimum Gasteiger partial charge on any atom is -0.340 e. The third kappa shape index (κ3) is 3.74. The molecule has 2 aliphatic rings. The Labute approximate surface area is 174 Å². The van der Waals surface area contributed by atoms with E-state index in [1.54, 1.807) is 30.9 Å². The molecule has 0 atom stereocenters. The lowest BCUT2D eigenvalue weighted by Crippen LogP contribution is -2.30. The number of nitrogens with zero attached hydrogens (tertiary/aromatic N) is 3. The van der Waals surface area contributed by atoms with Crippen molar-refractivity contribution in [2.45, 2.75) is 24.7 Å². The van der Waals surface area contributed by atoms with Gasteiger partial charge >= 0.3 is 0 Å². The summed E-state index contributed by atoms with van der Waals surface area (Å²) in [5, 5.41) is 8.24. The van der Waals surface area contributed by atoms with E-state index in [4.69, 9.17) is 5.41 Å². The Hall–Kier alpha value is -2.80. The summed E-state index contributed by atoms with van der Waals surface area (Å²) >= 11 is 1.75. The number of likely N-dealkylation sites (tertiary alicyclic amines) is 1. The van der Waals surface area contributed by atoms with Crippen molar-refractivity contribution < 1.29 is 9.59 Å². The van der Waals surface area contributed by atoms with Gasteiger partial charge in [0.15, 0.2) is 0 Å². The van der Waals surface area contributed by atoms with Crippen LogP contribution >= 0.6 is 11.8 Å². The van der Waals surface area contributed by atoms with E-state index in [1.807, 2.05) is 29.2 Å². The van der Waals surface area contributed by atoms with Crippen LogP contribution in [0.15, 0.2) is 53.6 Å². The maximum absolute atomic E-state index is 12.7. The predicted octanol–water partition coefficient (Wildman–Crippen LogP) is 3.66. The molecule has 4 rings (SSSR count). The number of carbonyl (C=O) groups excluding carboxylic acids is 2. The zero-order valence-electron chi connectivity index (χ0n) is 16.5. The molecular formula is C22H24N4O2S. The first-order valence-electron chi connectivity index (χ1n) is 9.77. The van der Waals surface area contributed by atoms with Crippen LogP contribution in [0, 0.1) is 5.41 Å². The quantitative estimate of drug-likeness (QED) is 0.787. The van der Waals surface area contributed by atoms with Crippen molar-refractivity contribution in [3.8, 4) is 0 Å². The highest BCUT2D eigenvalue weighted by Gasteiger charge is 2.24. The highest BCUT2D eigenvalue weighted by molar-refractivity contribution is 7.99. The molecule has 2 aromatic rings. The van der Waals surface area contributed by atoms with Gasteiger partial charge in [0.25, 0.3) is 11.8 Å². The fourth-order valence-electron chi connectivity index (χ4n) is 3.76. The molecule has 29 heavy (non-hydrogen) atoms. The number of hydrogen-bond acceptors (Lipinski definition) is 5. The molecule has 6 nitrogen and oxygen atoms in total. The van der Waals surface area contributed by atoms with Gasteiger partial charge < -0.3 is 9.80 Å². The molecule has 0 aliphatic carbocycles. The largest absolute Gasteiger partial charge is 0.340 e. The van der Waals surface area contributed by atoms with Crippen LogP contribution in [-0.4, -0.2) is 46.7 Å². The molecule has 0 saturated carbocycles. The van der Waals surface area contributed by atoms with Crippen LogP contribution in [0.4, 0.5) is 11.4 Å². The molecule has 0 spiro atoms. The molecule has 1 fully saturated rings. The number of nitrogens with one attached hydrogen (secondary N) is 1. The summed E-state index contributed by atoms with van der Waals surface area (Å²) in [4.78, 5) is 30.0. The minimum atomic E-state index is -0.277. The number of hydrogen-bond donors (Lipinski definition) is 1. The van der Waals surface area contributed by atoms with Gasteiger partial charge in [-0.15, -0.1) is 11.8 Å². The molecule has 1 N–H and O–H groups in total. The van der Waals surface area contributed by atoms with Crippen LogP contribution in [0.1, 0.15) is 34.9 Å². The number of benzene rings is 1. The number of carbonyl (C=O) groups is 2. The van der Waals surface area contributed by atoms with Gasteiger partial charge in [0.1, 0.15) is 5.49 Å². The van der Waals surface area contributed by atoms with E-state index < -0.39 is 0 Å². The first-order chi connectivity index (χ1) is 14.0. The number of amides is 1. The lowest BCUT2D eigenvalue weighted by Gasteiger charge is -2.31. The highest BCUT2D eigenvalue weighted by Crippen LogP contribution is 2.39. The van der Waals surface area contributed by atoms with Gasteiger partial charge in [0.05, 0.1) is 5.69 Å². The van der Waals surface area contributed by atoms with Crippen molar-refractivity contribution in [1.82, 2.24) is 9.47 Å². The normalized spacial score (nSPS) is 15.9. The molecule has 3 heterocycles. The van der Waals surface area contributed by atoms with Gasteiger partial charge in [0, 0.05) is 59.4 Å². The summed E-state index contributed by atoms with van der Waals surface area (Å²) in [6.45, 7) is 7.79. The van der Waals surface area contributed by atoms with Crippen LogP contribution < -0.4 is 10.4 Å². The third-order valence-electron chi connectivity index (χ3n) is 5.30. The molecular weight excluding hydrogens is 384 g/mol. The minimum absolute atomic E-state index is 0.107. The molecule has 2 aliphatic heterocycles. The van der Waals surface area contributed by atoms with Crippen LogP contribution in [0.25, 0.3) is 0 Å². The van der Waals surface area contributed by atoms with Crippen LogP contribution in [-0.2, 0) is 0 Å². The molecule has 0 bridgehead atoms. The summed E-state index contributed by atoms with van der Waals surface area (Å²) in [5.74, 6) is 0.720. The van der Waals surface area contributed by atoms with Crippen molar-refractivity contribution in [3.63, 3.8) is 0 Å². The highest BCUT2D eigenvalue weighted by atomic mass is 32.2. The van der Waals surface area contributed by atoms with Crippen LogP contribution in [0.3, 0.4) is 0 Å². The average molecular weight is 409 g/mol. The van der Waals surface area contributed by atoms with Crippen LogP contribution in [0.5, 0.6) is 0 Å². The first-order valence-corrected chi connectivity index (χ1v) is 10.8. The van der Waals surface area contributed by atoms with E-state index >= 15 is 0 Å². The maximum atomic E-state index is 12.7. The average Bonchev–Trinajstić information content (AvgIpc) is 3.26. The smallest absolute Gasteiger partial charge is 0.258 e. The SMILES string of the molecule is C=C(C)C(=O)n1ccc(N2CCSc3cc(C(=O)N4CCCC4)ccc32)cc1=N. The Morgan fingerprint density at radius 2 is 1.86 bits per heavy atom. The van der Waals surface area contributed by atoms with E-state index in [0.717, 1.165) is 60.1 Å². The fourth-order valence-corrected chi connectivity index (χ4v) is 4.79. The van der Waals surface area contributed by atoms with Crippen LogP contribution in [0.2, 0.25) is 0 Å². The Kier molecular flexibility index (Phi) is 5.32. The summed E-state index contributed by atoms with van der Waals surface area (Å²) < 4.78 is 1.29. The number of thioether (sulfide) groups is 1. The van der Waals surface area contributed by atoms with E-state index in [1.165, 1.54) is 4.57 Å². The predicted molar refractivity (Wildman–Crippen MR) is 115 cm³/mol. The van der Waals surface area contributed by atoms with Crippen molar-refractivity contribution in [1.29, 1.82) is 5.41 Å². The van der Waals surface area contributed by atoms with Gasteiger partial charge in [-0.05, 0) is 44.0 Å². The Balaban J connectivity index is 1.64. The molecule has 150 valence electrons. The van der Waals surface area contributed by atoms with Gasteiger partial charge in [-0.25, -0.2) is 0 Å². The summed E-state index contributed by atoms with van der Waals surface area (Å²) in [5.41, 5.74) is 3.14. The topological polar surface area (TPSA) is 69.4 Å². The number of rotatable bonds is 3. The lowest BCUT2D eigenvalue weighted by atomic mass is 10.1. The monoisotopic (exact) mass is 408 g/mol. The number of aromatic nitrogens is 1. The standard InChI is InChI=1S/C22H24N4O2S/c1-15(2)21(27)26-10-7-17(14-20(26)23)25-11-12-29-19-13-16(5-6-18(19)25)22(28)24-8-3-4-9-24/h5-7,10,13-14,23H,1,3-4,8-9,11-12H2,2H3. The third-order valence-corrected chi connectivity index (χ3v) is 6.32. The molecule has 7 heteroatoms. The Morgan fingerprint density at radius 3 is 2.55 bits per heavy atom. The van der Waals surface area contributed by atoms with Crippen molar-refractivity contribution in [2.75, 3.05) is 30.3 Å². The van der Waals surface area contributed by atoms with Crippen molar-refractivity contribution >= 4 is 35.0 Å². The van der Waals surface area contributed by atoms with E-state index in [-0.39, 0.29) is 17.3 Å². The van der Waals surface area contributed by atoms with E-state index in [9.17, 15) is 9.59 Å². The molecule has 0 radical (unpaired) electrons. The second-order valence-corrected chi connectivity index (χ2v) is 8.54. The number of anilines is 2. The lowest BCUT2D eigenvalue weighted by molar-refractivity contribution is 0.0792. The Bertz CT molecular complexity index is 1050. The van der Waals surface area contributed by atoms with E-state index in [2.05, 4.69) is 11.5 Å². The van der Waals surface area contributed by atoms with E-state index in [0.29, 0.717) is 5.57 Å². The summed E-state index contributed by atoms with van der Waals surface area (Å²) in [6, 6.07) is 9.43. The molecule has 1 aromatic heterocycles. The summed E-state index contributed by atoms with van der Waals surface area (Å²) in [7, 11) is 0. The number of allylic oxidation sites excluding steroid dienone is 1. The number of fused-ring (bicyclic) bond motifs is 1. The second kappa shape index (κ2) is 7.91. The van der Waals surface area contributed by atoms with Gasteiger partial charge in [0.2, 0.25) is 0 Å². The molecule has 1 saturated heterocycles. The summed E-state index contributed by atoms with van der Waals surface area (Å²) in [6.07, 6.45) is 3.79. The van der Waals surface area contributed by atoms with Crippen molar-refractivity contribution in [3.05, 3.63) is 59.7 Å². The second-order valence-electron chi connectivity index (χ2n) is 7.41. The molecule has 0 unspecified atom stereocenters. The Morgan fingerprint density at radius 1 is 1.10 bits per heavy atom. The zero-order valence-corrected chi connectivity index (χ0v) is 17.3. The van der Waals surface area contributed by atoms with Gasteiger partial charge in [-0.3, -0.25) is 19.6 Å². The van der Waals surface area contributed by atoms with Gasteiger partial charge in [-0.1, -0.05) is 6.58 Å². The number of pyridine rings is 1. The van der Waals surface area contributed by atoms with Gasteiger partial charge in [-0.2, -0.15) is 0 Å². The molecule has 1 amide bonds. The first kappa shape index (κ1) is 19.5. The maximum Gasteiger partial charge on any atom is 0.258 e. The van der Waals surface area contributed by atoms with Crippen molar-refractivity contribution in [2.24, 2.45) is 0 Å². The fraction of sp³-hybridized carbons (Fsp3) is 0.318. The molecule has 1 aromatic carbocycles.